The first-order valence-corrected chi connectivity index (χ1v) is 14.6. The van der Waals surface area contributed by atoms with E-state index in [9.17, 15) is 26.0 Å². The van der Waals surface area contributed by atoms with Gasteiger partial charge in [0.15, 0.2) is 0 Å². The lowest BCUT2D eigenvalue weighted by molar-refractivity contribution is -0.192. The van der Waals surface area contributed by atoms with Gasteiger partial charge >= 0.3 is 12.1 Å². The third kappa shape index (κ3) is 10.1. The van der Waals surface area contributed by atoms with Crippen LogP contribution in [0.3, 0.4) is 0 Å². The van der Waals surface area contributed by atoms with E-state index in [1.807, 2.05) is 30.3 Å². The van der Waals surface area contributed by atoms with Gasteiger partial charge in [0.05, 0.1) is 12.0 Å². The molecule has 228 valence electrons. The molecule has 0 amide bonds. The van der Waals surface area contributed by atoms with Gasteiger partial charge in [-0.3, -0.25) is 0 Å². The van der Waals surface area contributed by atoms with Crippen molar-refractivity contribution in [2.75, 3.05) is 33.3 Å². The summed E-state index contributed by atoms with van der Waals surface area (Å²) in [5.74, 6) is -2.29. The molecular weight excluding hydrogens is 578 g/mol. The number of carbonyl (C=O) groups is 1. The number of rotatable bonds is 11. The van der Waals surface area contributed by atoms with Crippen molar-refractivity contribution in [2.45, 2.75) is 37.0 Å². The fourth-order valence-corrected chi connectivity index (χ4v) is 5.31. The van der Waals surface area contributed by atoms with Crippen LogP contribution in [0.1, 0.15) is 24.0 Å². The summed E-state index contributed by atoms with van der Waals surface area (Å²) in [6.45, 7) is 4.47. The lowest BCUT2D eigenvalue weighted by Crippen LogP contribution is -2.33. The highest BCUT2D eigenvalue weighted by molar-refractivity contribution is 7.89. The Morgan fingerprint density at radius 3 is 2.10 bits per heavy atom. The fraction of sp³-hybridized carbons (Fsp3) is 0.345. The second kappa shape index (κ2) is 15.1. The van der Waals surface area contributed by atoms with E-state index >= 15 is 0 Å². The monoisotopic (exact) mass is 611 g/mol. The van der Waals surface area contributed by atoms with Gasteiger partial charge in [0.2, 0.25) is 10.0 Å². The molecule has 3 aromatic rings. The van der Waals surface area contributed by atoms with E-state index in [2.05, 4.69) is 14.9 Å². The molecule has 1 aliphatic heterocycles. The maximum absolute atomic E-state index is 13.1. The number of sulfonamides is 1. The van der Waals surface area contributed by atoms with Crippen LogP contribution in [0.2, 0.25) is 0 Å². The first-order chi connectivity index (χ1) is 19.9. The standard InChI is InChI=1S/C27H32FN3O3S.C2HF3O2/c1-34-27-13-6-22(20-29-19-21-4-9-24(28)10-5-21)18-26(27)23-7-11-25(12-8-23)35(32,33)30-14-17-31-15-2-3-16-31;3-2(4,5)1(6)7/h4-13,18,29-30H,2-3,14-17,19-20H2,1H3;(H,6,7). The van der Waals surface area contributed by atoms with E-state index in [4.69, 9.17) is 14.6 Å². The summed E-state index contributed by atoms with van der Waals surface area (Å²) in [6, 6.07) is 19.2. The molecule has 0 spiro atoms. The Hall–Kier alpha value is -3.52. The zero-order valence-corrected chi connectivity index (χ0v) is 23.8. The van der Waals surface area contributed by atoms with Gasteiger partial charge in [0, 0.05) is 31.7 Å². The van der Waals surface area contributed by atoms with E-state index in [0.717, 1.165) is 41.9 Å². The van der Waals surface area contributed by atoms with Gasteiger partial charge in [0.1, 0.15) is 11.6 Å². The molecule has 42 heavy (non-hydrogen) atoms. The molecule has 0 saturated carbocycles. The Morgan fingerprint density at radius 1 is 0.952 bits per heavy atom. The van der Waals surface area contributed by atoms with Crippen LogP contribution in [0.15, 0.2) is 71.6 Å². The summed E-state index contributed by atoms with van der Waals surface area (Å²) in [5, 5.41) is 10.5. The third-order valence-corrected chi connectivity index (χ3v) is 7.95. The highest BCUT2D eigenvalue weighted by Crippen LogP contribution is 2.31. The number of halogens is 4. The number of carboxylic acids is 1. The molecule has 0 aromatic heterocycles. The Kier molecular flexibility index (Phi) is 11.9. The van der Waals surface area contributed by atoms with Gasteiger partial charge < -0.3 is 20.1 Å². The number of ether oxygens (including phenoxy) is 1. The smallest absolute Gasteiger partial charge is 0.490 e. The maximum Gasteiger partial charge on any atom is 0.490 e. The van der Waals surface area contributed by atoms with Gasteiger partial charge in [0.25, 0.3) is 0 Å². The highest BCUT2D eigenvalue weighted by Gasteiger charge is 2.38. The number of alkyl halides is 3. The second-order valence-electron chi connectivity index (χ2n) is 9.54. The summed E-state index contributed by atoms with van der Waals surface area (Å²) < 4.78 is 78.5. The van der Waals surface area contributed by atoms with Gasteiger partial charge in [-0.2, -0.15) is 13.2 Å². The van der Waals surface area contributed by atoms with Crippen molar-refractivity contribution < 1.29 is 40.6 Å². The van der Waals surface area contributed by atoms with Crippen molar-refractivity contribution in [1.29, 1.82) is 0 Å². The Morgan fingerprint density at radius 2 is 1.52 bits per heavy atom. The molecule has 0 unspecified atom stereocenters. The van der Waals surface area contributed by atoms with Gasteiger partial charge in [-0.1, -0.05) is 30.3 Å². The van der Waals surface area contributed by atoms with E-state index in [0.29, 0.717) is 25.4 Å². The average molecular weight is 612 g/mol. The van der Waals surface area contributed by atoms with Crippen molar-refractivity contribution >= 4 is 16.0 Å². The number of aliphatic carboxylic acids is 1. The molecule has 3 N–H and O–H groups in total. The third-order valence-electron chi connectivity index (χ3n) is 6.47. The van der Waals surface area contributed by atoms with Crippen LogP contribution in [-0.2, 0) is 27.9 Å². The summed E-state index contributed by atoms with van der Waals surface area (Å²) in [6.07, 6.45) is -2.72. The lowest BCUT2D eigenvalue weighted by Gasteiger charge is -2.15. The number of nitrogens with one attached hydrogen (secondary N) is 2. The average Bonchev–Trinajstić information content (AvgIpc) is 3.47. The van der Waals surface area contributed by atoms with Crippen LogP contribution in [0.5, 0.6) is 5.75 Å². The first kappa shape index (κ1) is 33.0. The number of carboxylic acid groups (broad SMARTS) is 1. The molecule has 3 aromatic carbocycles. The van der Waals surface area contributed by atoms with Crippen molar-refractivity contribution in [3.05, 3.63) is 83.7 Å². The number of likely N-dealkylation sites (tertiary alicyclic amines) is 1. The quantitative estimate of drug-likeness (QED) is 0.268. The topological polar surface area (TPSA) is 108 Å². The molecule has 0 aliphatic carbocycles. The molecule has 1 saturated heterocycles. The summed E-state index contributed by atoms with van der Waals surface area (Å²) in [7, 11) is -1.94. The fourth-order valence-electron chi connectivity index (χ4n) is 4.29. The van der Waals surface area contributed by atoms with Crippen molar-refractivity contribution in [2.24, 2.45) is 0 Å². The van der Waals surface area contributed by atoms with Crippen molar-refractivity contribution in [3.63, 3.8) is 0 Å². The van der Waals surface area contributed by atoms with Crippen LogP contribution in [0.4, 0.5) is 17.6 Å². The van der Waals surface area contributed by atoms with Crippen LogP contribution < -0.4 is 14.8 Å². The number of methoxy groups -OCH3 is 1. The molecule has 0 atom stereocenters. The minimum Gasteiger partial charge on any atom is -0.496 e. The van der Waals surface area contributed by atoms with Crippen molar-refractivity contribution in [3.8, 4) is 16.9 Å². The largest absolute Gasteiger partial charge is 0.496 e. The number of benzene rings is 3. The molecule has 0 radical (unpaired) electrons. The van der Waals surface area contributed by atoms with E-state index in [1.54, 1.807) is 31.4 Å². The first-order valence-electron chi connectivity index (χ1n) is 13.1. The molecule has 1 fully saturated rings. The van der Waals surface area contributed by atoms with E-state index in [1.165, 1.54) is 25.0 Å². The summed E-state index contributed by atoms with van der Waals surface area (Å²) in [5.41, 5.74) is 3.83. The molecule has 8 nitrogen and oxygen atoms in total. The van der Waals surface area contributed by atoms with E-state index in [-0.39, 0.29) is 10.7 Å². The van der Waals surface area contributed by atoms with Crippen LogP contribution in [0, 0.1) is 5.82 Å². The normalized spacial score (nSPS) is 13.8. The van der Waals surface area contributed by atoms with E-state index < -0.39 is 22.2 Å². The summed E-state index contributed by atoms with van der Waals surface area (Å²) in [4.78, 5) is 11.4. The number of hydrogen-bond donors (Lipinski definition) is 3. The highest BCUT2D eigenvalue weighted by atomic mass is 32.2. The zero-order valence-electron chi connectivity index (χ0n) is 23.0. The number of hydrogen-bond acceptors (Lipinski definition) is 6. The van der Waals surface area contributed by atoms with Gasteiger partial charge in [-0.05, 0) is 79.0 Å². The Balaban J connectivity index is 0.000000616. The Labute approximate surface area is 242 Å². The minimum absolute atomic E-state index is 0.245. The van der Waals surface area contributed by atoms with Crippen LogP contribution in [-0.4, -0.2) is 63.9 Å². The molecule has 1 heterocycles. The maximum atomic E-state index is 13.1. The predicted octanol–water partition coefficient (Wildman–Crippen LogP) is 4.80. The molecular formula is C29H33F4N3O5S. The molecule has 1 aliphatic rings. The number of nitrogens with zero attached hydrogens (tertiary/aromatic N) is 1. The minimum atomic E-state index is -5.08. The van der Waals surface area contributed by atoms with Gasteiger partial charge in [-0.15, -0.1) is 0 Å². The Bertz CT molecular complexity index is 1410. The lowest BCUT2D eigenvalue weighted by atomic mass is 10.0. The molecule has 13 heteroatoms. The SMILES string of the molecule is COc1ccc(CNCc2ccc(F)cc2)cc1-c1ccc(S(=O)(=O)NCCN2CCCC2)cc1.O=C(O)C(F)(F)F. The van der Waals surface area contributed by atoms with Crippen LogP contribution in [0.25, 0.3) is 11.1 Å². The van der Waals surface area contributed by atoms with Crippen molar-refractivity contribution in [1.82, 2.24) is 14.9 Å². The van der Waals surface area contributed by atoms with Crippen LogP contribution >= 0.6 is 0 Å². The molecule has 4 rings (SSSR count). The van der Waals surface area contributed by atoms with Gasteiger partial charge in [-0.25, -0.2) is 22.3 Å². The zero-order chi connectivity index (χ0) is 30.8. The predicted molar refractivity (Wildman–Crippen MR) is 150 cm³/mol. The molecule has 0 bridgehead atoms. The summed E-state index contributed by atoms with van der Waals surface area (Å²) >= 11 is 0. The second-order valence-corrected chi connectivity index (χ2v) is 11.3.